The zero-order chi connectivity index (χ0) is 18.2. The molecule has 1 aliphatic rings. The van der Waals surface area contributed by atoms with E-state index in [9.17, 15) is 0 Å². The van der Waals surface area contributed by atoms with Crippen LogP contribution in [-0.4, -0.2) is 16.1 Å². The number of nitrogens with zero attached hydrogens (tertiary/aromatic N) is 1. The molecular weight excluding hydrogens is 427 g/mol. The fourth-order valence-corrected chi connectivity index (χ4v) is 4.38. The van der Waals surface area contributed by atoms with Crippen molar-refractivity contribution in [3.05, 3.63) is 35.9 Å². The second kappa shape index (κ2) is 10.4. The smallest absolute Gasteiger partial charge is 0.209 e. The summed E-state index contributed by atoms with van der Waals surface area (Å²) in [5.74, 6) is 7.44. The summed E-state index contributed by atoms with van der Waals surface area (Å²) in [4.78, 5) is 0. The molecule has 4 atom stereocenters. The van der Waals surface area contributed by atoms with Crippen molar-refractivity contribution in [3.63, 3.8) is 0 Å². The number of nitrogens with two attached hydrogens (primary N) is 1. The average molecular weight is 458 g/mol. The van der Waals surface area contributed by atoms with Crippen LogP contribution in [0.2, 0.25) is 0 Å². The first-order valence-electron chi connectivity index (χ1n) is 9.29. The van der Waals surface area contributed by atoms with Crippen molar-refractivity contribution in [1.82, 2.24) is 0 Å². The normalized spacial score (nSPS) is 25.8. The van der Waals surface area contributed by atoms with Crippen molar-refractivity contribution in [2.75, 3.05) is 0 Å². The molecule has 1 saturated carbocycles. The maximum absolute atomic E-state index is 6.25. The van der Waals surface area contributed by atoms with Crippen molar-refractivity contribution in [1.29, 1.82) is 0 Å². The van der Waals surface area contributed by atoms with E-state index in [4.69, 9.17) is 15.3 Å². The number of ether oxygens (including phenoxy) is 2. The Hall–Kier alpha value is -0.820. The number of benzene rings is 1. The van der Waals surface area contributed by atoms with Crippen LogP contribution < -0.4 is 5.84 Å². The van der Waals surface area contributed by atoms with Gasteiger partial charge in [0.15, 0.2) is 4.11 Å². The number of hydrogen-bond acceptors (Lipinski definition) is 4. The summed E-state index contributed by atoms with van der Waals surface area (Å²) in [5.41, 5.74) is 1.25. The molecule has 0 aliphatic heterocycles. The van der Waals surface area contributed by atoms with Gasteiger partial charge in [-0.2, -0.15) is 0 Å². The lowest BCUT2D eigenvalue weighted by Gasteiger charge is -2.37. The number of rotatable bonds is 7. The van der Waals surface area contributed by atoms with Crippen molar-refractivity contribution >= 4 is 28.5 Å². The molecule has 0 amide bonds. The first-order valence-corrected chi connectivity index (χ1v) is 10.5. The maximum Gasteiger partial charge on any atom is 0.209 e. The Balaban J connectivity index is 1.87. The molecule has 2 rings (SSSR count). The average Bonchev–Trinajstić information content (AvgIpc) is 2.64. The Bertz CT molecular complexity index is 536. The van der Waals surface area contributed by atoms with Crippen LogP contribution in [0.25, 0.3) is 0 Å². The topological polar surface area (TPSA) is 56.8 Å². The van der Waals surface area contributed by atoms with E-state index in [-0.39, 0.29) is 10.0 Å². The lowest BCUT2D eigenvalue weighted by Crippen LogP contribution is -2.36. The van der Waals surface area contributed by atoms with Crippen molar-refractivity contribution in [3.8, 4) is 0 Å². The zero-order valence-corrected chi connectivity index (χ0v) is 17.7. The summed E-state index contributed by atoms with van der Waals surface area (Å²) in [7, 11) is 0. The van der Waals surface area contributed by atoms with Crippen molar-refractivity contribution in [2.45, 2.75) is 63.3 Å². The quantitative estimate of drug-likeness (QED) is 0.154. The van der Waals surface area contributed by atoms with E-state index < -0.39 is 0 Å². The molecule has 1 fully saturated rings. The summed E-state index contributed by atoms with van der Waals surface area (Å²) in [6, 6.07) is 10.4. The molecule has 0 aromatic heterocycles. The van der Waals surface area contributed by atoms with E-state index in [1.165, 1.54) is 5.56 Å². The second-order valence-electron chi connectivity index (χ2n) is 7.17. The van der Waals surface area contributed by atoms with Gasteiger partial charge in [0.25, 0.3) is 0 Å². The Morgan fingerprint density at radius 2 is 2.00 bits per heavy atom. The molecule has 25 heavy (non-hydrogen) atoms. The molecule has 0 bridgehead atoms. The Labute approximate surface area is 165 Å². The number of hydrazone groups is 1. The van der Waals surface area contributed by atoms with Gasteiger partial charge in [-0.3, -0.25) is 0 Å². The third-order valence-corrected chi connectivity index (χ3v) is 6.28. The molecule has 0 spiro atoms. The molecule has 0 saturated heterocycles. The van der Waals surface area contributed by atoms with Crippen LogP contribution in [0.5, 0.6) is 0 Å². The Morgan fingerprint density at radius 1 is 1.28 bits per heavy atom. The van der Waals surface area contributed by atoms with Crippen LogP contribution in [0.3, 0.4) is 0 Å². The lowest BCUT2D eigenvalue weighted by atomic mass is 9.78. The summed E-state index contributed by atoms with van der Waals surface area (Å²) in [5, 5.41) is 3.80. The van der Waals surface area contributed by atoms with E-state index in [1.54, 1.807) is 0 Å². The van der Waals surface area contributed by atoms with Gasteiger partial charge in [-0.15, -0.1) is 5.10 Å². The van der Waals surface area contributed by atoms with Crippen LogP contribution in [0.4, 0.5) is 0 Å². The fourth-order valence-electron chi connectivity index (χ4n) is 3.46. The first-order chi connectivity index (χ1) is 12.0. The molecule has 1 aromatic rings. The summed E-state index contributed by atoms with van der Waals surface area (Å²) < 4.78 is 12.4. The minimum Gasteiger partial charge on any atom is -0.465 e. The summed E-state index contributed by atoms with van der Waals surface area (Å²) in [6.45, 7) is 7.07. The van der Waals surface area contributed by atoms with Gasteiger partial charge in [0.2, 0.25) is 5.90 Å². The molecule has 0 radical (unpaired) electrons. The highest BCUT2D eigenvalue weighted by molar-refractivity contribution is 14.1. The largest absolute Gasteiger partial charge is 0.465 e. The SMILES string of the molecule is CCC1CC(C(I)O/C(=N\N)C(C)C)CCC1OCc1ccccc1. The Kier molecular flexibility index (Phi) is 8.49. The monoisotopic (exact) mass is 458 g/mol. The summed E-state index contributed by atoms with van der Waals surface area (Å²) in [6.07, 6.45) is 4.84. The molecule has 2 N–H and O–H groups in total. The van der Waals surface area contributed by atoms with Gasteiger partial charge in [0.05, 0.1) is 12.7 Å². The molecule has 0 heterocycles. The van der Waals surface area contributed by atoms with Crippen LogP contribution in [0.1, 0.15) is 52.0 Å². The molecule has 4 nitrogen and oxygen atoms in total. The molecule has 5 heteroatoms. The van der Waals surface area contributed by atoms with Gasteiger partial charge >= 0.3 is 0 Å². The van der Waals surface area contributed by atoms with Crippen LogP contribution >= 0.6 is 22.6 Å². The predicted molar refractivity (Wildman–Crippen MR) is 111 cm³/mol. The van der Waals surface area contributed by atoms with Gasteiger partial charge in [-0.25, -0.2) is 0 Å². The maximum atomic E-state index is 6.25. The van der Waals surface area contributed by atoms with E-state index in [2.05, 4.69) is 72.7 Å². The van der Waals surface area contributed by atoms with Gasteiger partial charge in [0, 0.05) is 11.8 Å². The fraction of sp³-hybridized carbons (Fsp3) is 0.650. The first kappa shape index (κ1) is 20.5. The van der Waals surface area contributed by atoms with Gasteiger partial charge < -0.3 is 15.3 Å². The van der Waals surface area contributed by atoms with E-state index in [0.717, 1.165) is 25.7 Å². The lowest BCUT2D eigenvalue weighted by molar-refractivity contribution is -0.0402. The molecular formula is C20H31IN2O2. The Morgan fingerprint density at radius 3 is 2.60 bits per heavy atom. The highest BCUT2D eigenvalue weighted by Crippen LogP contribution is 2.38. The van der Waals surface area contributed by atoms with Gasteiger partial charge in [-0.05, 0) is 53.3 Å². The van der Waals surface area contributed by atoms with Crippen LogP contribution in [0.15, 0.2) is 35.4 Å². The minimum absolute atomic E-state index is 0.117. The van der Waals surface area contributed by atoms with Crippen LogP contribution in [0, 0.1) is 17.8 Å². The third kappa shape index (κ3) is 6.13. The van der Waals surface area contributed by atoms with Crippen LogP contribution in [-0.2, 0) is 16.1 Å². The van der Waals surface area contributed by atoms with Crippen molar-refractivity contribution < 1.29 is 9.47 Å². The van der Waals surface area contributed by atoms with Crippen molar-refractivity contribution in [2.24, 2.45) is 28.7 Å². The number of hydrogen-bond donors (Lipinski definition) is 1. The molecule has 4 unspecified atom stereocenters. The second-order valence-corrected chi connectivity index (χ2v) is 8.40. The summed E-state index contributed by atoms with van der Waals surface area (Å²) >= 11 is 2.40. The number of alkyl halides is 1. The molecule has 140 valence electrons. The van der Waals surface area contributed by atoms with E-state index in [1.807, 2.05) is 6.07 Å². The highest BCUT2D eigenvalue weighted by atomic mass is 127. The molecule has 1 aliphatic carbocycles. The highest BCUT2D eigenvalue weighted by Gasteiger charge is 2.34. The van der Waals surface area contributed by atoms with Gasteiger partial charge in [-0.1, -0.05) is 57.5 Å². The zero-order valence-electron chi connectivity index (χ0n) is 15.5. The standard InChI is InChI=1S/C20H31IN2O2/c1-4-16-12-17(19(21)25-20(23-22)14(2)3)10-11-18(16)24-13-15-8-6-5-7-9-15/h5-9,14,16-19H,4,10-13,22H2,1-3H3/b23-20-. The third-order valence-electron chi connectivity index (χ3n) is 5.01. The predicted octanol–water partition coefficient (Wildman–Crippen LogP) is 5.10. The number of halogens is 1. The van der Waals surface area contributed by atoms with E-state index >= 15 is 0 Å². The van der Waals surface area contributed by atoms with E-state index in [0.29, 0.717) is 30.4 Å². The minimum atomic E-state index is 0.117. The van der Waals surface area contributed by atoms with Gasteiger partial charge in [0.1, 0.15) is 0 Å². The molecule has 1 aromatic carbocycles.